The van der Waals surface area contributed by atoms with Gasteiger partial charge in [0, 0.05) is 0 Å². The van der Waals surface area contributed by atoms with Crippen molar-refractivity contribution in [1.29, 1.82) is 5.26 Å². The van der Waals surface area contributed by atoms with Gasteiger partial charge < -0.3 is 11.1 Å². The monoisotopic (exact) mass is 169 g/mol. The second-order valence-corrected chi connectivity index (χ2v) is 3.01. The van der Waals surface area contributed by atoms with Crippen molar-refractivity contribution in [3.05, 3.63) is 0 Å². The van der Waals surface area contributed by atoms with E-state index in [2.05, 4.69) is 5.32 Å². The van der Waals surface area contributed by atoms with E-state index in [1.807, 2.05) is 13.0 Å². The number of carbonyl (C=O) groups is 1. The number of amides is 1. The van der Waals surface area contributed by atoms with Crippen molar-refractivity contribution < 1.29 is 4.79 Å². The molecule has 0 aromatic rings. The molecule has 1 atom stereocenters. The SMILES string of the molecule is CCCC(C)(N)C(=O)NCC#N. The number of nitrogens with zero attached hydrogens (tertiary/aromatic N) is 1. The van der Waals surface area contributed by atoms with Crippen molar-refractivity contribution in [3.8, 4) is 6.07 Å². The van der Waals surface area contributed by atoms with E-state index >= 15 is 0 Å². The van der Waals surface area contributed by atoms with Crippen LogP contribution in [0.2, 0.25) is 0 Å². The van der Waals surface area contributed by atoms with Gasteiger partial charge in [0.2, 0.25) is 5.91 Å². The predicted octanol–water partition coefficient (Wildman–Crippen LogP) is 0.144. The molecule has 0 fully saturated rings. The lowest BCUT2D eigenvalue weighted by Gasteiger charge is -2.21. The summed E-state index contributed by atoms with van der Waals surface area (Å²) in [5.74, 6) is -0.258. The Labute approximate surface area is 72.7 Å². The number of nitrogens with two attached hydrogens (primary N) is 1. The van der Waals surface area contributed by atoms with Gasteiger partial charge in [-0.25, -0.2) is 0 Å². The van der Waals surface area contributed by atoms with Gasteiger partial charge in [0.15, 0.2) is 0 Å². The van der Waals surface area contributed by atoms with Gasteiger partial charge in [0.1, 0.15) is 6.54 Å². The molecule has 0 aromatic carbocycles. The van der Waals surface area contributed by atoms with Crippen LogP contribution in [-0.4, -0.2) is 18.0 Å². The van der Waals surface area contributed by atoms with Crippen molar-refractivity contribution in [3.63, 3.8) is 0 Å². The predicted molar refractivity (Wildman–Crippen MR) is 46.1 cm³/mol. The van der Waals surface area contributed by atoms with Gasteiger partial charge in [0.05, 0.1) is 11.6 Å². The minimum Gasteiger partial charge on any atom is -0.341 e. The molecular weight excluding hydrogens is 154 g/mol. The summed E-state index contributed by atoms with van der Waals surface area (Å²) < 4.78 is 0. The van der Waals surface area contributed by atoms with E-state index in [0.29, 0.717) is 6.42 Å². The minimum absolute atomic E-state index is 0.0232. The van der Waals surface area contributed by atoms with Crippen LogP contribution in [0.25, 0.3) is 0 Å². The molecule has 12 heavy (non-hydrogen) atoms. The van der Waals surface area contributed by atoms with Gasteiger partial charge in [-0.15, -0.1) is 0 Å². The Morgan fingerprint density at radius 3 is 2.75 bits per heavy atom. The third kappa shape index (κ3) is 3.35. The van der Waals surface area contributed by atoms with Crippen LogP contribution in [0, 0.1) is 11.3 Å². The Morgan fingerprint density at radius 2 is 2.33 bits per heavy atom. The minimum atomic E-state index is -0.842. The molecule has 3 N–H and O–H groups in total. The van der Waals surface area contributed by atoms with Crippen LogP contribution >= 0.6 is 0 Å². The molecule has 0 rings (SSSR count). The zero-order chi connectivity index (χ0) is 9.61. The topological polar surface area (TPSA) is 78.9 Å². The molecule has 0 saturated carbocycles. The third-order valence-electron chi connectivity index (χ3n) is 1.62. The molecular formula is C8H15N3O. The summed E-state index contributed by atoms with van der Waals surface area (Å²) in [4.78, 5) is 11.2. The molecule has 0 aliphatic rings. The van der Waals surface area contributed by atoms with E-state index in [0.717, 1.165) is 6.42 Å². The highest BCUT2D eigenvalue weighted by atomic mass is 16.2. The fraction of sp³-hybridized carbons (Fsp3) is 0.750. The van der Waals surface area contributed by atoms with Crippen LogP contribution in [0.5, 0.6) is 0 Å². The molecule has 0 spiro atoms. The zero-order valence-corrected chi connectivity index (χ0v) is 7.55. The lowest BCUT2D eigenvalue weighted by molar-refractivity contribution is -0.125. The van der Waals surface area contributed by atoms with E-state index < -0.39 is 5.54 Å². The van der Waals surface area contributed by atoms with Gasteiger partial charge in [-0.2, -0.15) is 5.26 Å². The largest absolute Gasteiger partial charge is 0.341 e. The maximum absolute atomic E-state index is 11.2. The summed E-state index contributed by atoms with van der Waals surface area (Å²) in [6.07, 6.45) is 1.48. The van der Waals surface area contributed by atoms with Crippen molar-refractivity contribution in [1.82, 2.24) is 5.32 Å². The van der Waals surface area contributed by atoms with Crippen LogP contribution in [-0.2, 0) is 4.79 Å². The average molecular weight is 169 g/mol. The highest BCUT2D eigenvalue weighted by Crippen LogP contribution is 2.07. The lowest BCUT2D eigenvalue weighted by atomic mass is 9.97. The van der Waals surface area contributed by atoms with E-state index in [9.17, 15) is 4.79 Å². The van der Waals surface area contributed by atoms with E-state index in [1.165, 1.54) is 0 Å². The molecule has 0 saturated heterocycles. The van der Waals surface area contributed by atoms with Crippen LogP contribution in [0.1, 0.15) is 26.7 Å². The molecule has 4 heteroatoms. The van der Waals surface area contributed by atoms with Crippen LogP contribution in [0.4, 0.5) is 0 Å². The molecule has 68 valence electrons. The smallest absolute Gasteiger partial charge is 0.240 e. The second kappa shape index (κ2) is 4.73. The number of nitriles is 1. The Bertz CT molecular complexity index is 193. The first kappa shape index (κ1) is 10.9. The number of rotatable bonds is 4. The van der Waals surface area contributed by atoms with Crippen LogP contribution < -0.4 is 11.1 Å². The Hall–Kier alpha value is -1.08. The Morgan fingerprint density at radius 1 is 1.75 bits per heavy atom. The number of hydrogen-bond acceptors (Lipinski definition) is 3. The maximum Gasteiger partial charge on any atom is 0.240 e. The molecule has 4 nitrogen and oxygen atoms in total. The molecule has 0 aliphatic carbocycles. The molecule has 1 unspecified atom stereocenters. The summed E-state index contributed by atoms with van der Waals surface area (Å²) in [5.41, 5.74) is 4.85. The third-order valence-corrected chi connectivity index (χ3v) is 1.62. The first-order valence-electron chi connectivity index (χ1n) is 3.98. The molecule has 0 aromatic heterocycles. The normalized spacial score (nSPS) is 14.5. The standard InChI is InChI=1S/C8H15N3O/c1-3-4-8(2,10)7(12)11-6-5-9/h3-4,6,10H2,1-2H3,(H,11,12). The quantitative estimate of drug-likeness (QED) is 0.588. The van der Waals surface area contributed by atoms with Gasteiger partial charge >= 0.3 is 0 Å². The van der Waals surface area contributed by atoms with Gasteiger partial charge in [-0.3, -0.25) is 4.79 Å². The van der Waals surface area contributed by atoms with Crippen molar-refractivity contribution in [2.24, 2.45) is 5.73 Å². The highest BCUT2D eigenvalue weighted by Gasteiger charge is 2.26. The fourth-order valence-corrected chi connectivity index (χ4v) is 0.955. The second-order valence-electron chi connectivity index (χ2n) is 3.01. The van der Waals surface area contributed by atoms with Crippen molar-refractivity contribution in [2.75, 3.05) is 6.54 Å². The van der Waals surface area contributed by atoms with E-state index in [1.54, 1.807) is 6.92 Å². The van der Waals surface area contributed by atoms with E-state index in [-0.39, 0.29) is 12.5 Å². The lowest BCUT2D eigenvalue weighted by Crippen LogP contribution is -2.51. The number of hydrogen-bond donors (Lipinski definition) is 2. The van der Waals surface area contributed by atoms with Gasteiger partial charge in [-0.1, -0.05) is 13.3 Å². The first-order valence-corrected chi connectivity index (χ1v) is 3.98. The first-order chi connectivity index (χ1) is 5.54. The fourth-order valence-electron chi connectivity index (χ4n) is 0.955. The summed E-state index contributed by atoms with van der Waals surface area (Å²) in [6, 6.07) is 1.83. The number of nitrogens with one attached hydrogen (secondary N) is 1. The van der Waals surface area contributed by atoms with Crippen LogP contribution in [0.15, 0.2) is 0 Å². The summed E-state index contributed by atoms with van der Waals surface area (Å²) in [7, 11) is 0. The molecule has 0 radical (unpaired) electrons. The molecule has 1 amide bonds. The zero-order valence-electron chi connectivity index (χ0n) is 7.55. The molecule has 0 heterocycles. The van der Waals surface area contributed by atoms with Crippen LogP contribution in [0.3, 0.4) is 0 Å². The average Bonchev–Trinajstić information content (AvgIpc) is 2.00. The summed E-state index contributed by atoms with van der Waals surface area (Å²) in [5, 5.41) is 10.6. The van der Waals surface area contributed by atoms with Gasteiger partial charge in [0.25, 0.3) is 0 Å². The van der Waals surface area contributed by atoms with Crippen molar-refractivity contribution in [2.45, 2.75) is 32.2 Å². The molecule has 0 aliphatic heterocycles. The van der Waals surface area contributed by atoms with E-state index in [4.69, 9.17) is 11.0 Å². The summed E-state index contributed by atoms with van der Waals surface area (Å²) >= 11 is 0. The highest BCUT2D eigenvalue weighted by molar-refractivity contribution is 5.85. The van der Waals surface area contributed by atoms with Crippen molar-refractivity contribution >= 4 is 5.91 Å². The molecule has 0 bridgehead atoms. The number of carbonyl (C=O) groups excluding carboxylic acids is 1. The summed E-state index contributed by atoms with van der Waals surface area (Å²) in [6.45, 7) is 3.65. The maximum atomic E-state index is 11.2. The Balaban J connectivity index is 3.99. The Kier molecular flexibility index (Phi) is 4.30. The van der Waals surface area contributed by atoms with Gasteiger partial charge in [-0.05, 0) is 13.3 Å².